The van der Waals surface area contributed by atoms with E-state index in [9.17, 15) is 13.2 Å². The van der Waals surface area contributed by atoms with E-state index in [2.05, 4.69) is 0 Å². The Labute approximate surface area is 161 Å². The minimum Gasteiger partial charge on any atom is -0.336 e. The fourth-order valence-electron chi connectivity index (χ4n) is 3.84. The molecule has 1 saturated carbocycles. The molecular formula is C19H26N4O3S. The summed E-state index contributed by atoms with van der Waals surface area (Å²) in [5, 5.41) is 8.98. The third kappa shape index (κ3) is 4.32. The van der Waals surface area contributed by atoms with Crippen molar-refractivity contribution >= 4 is 16.1 Å². The SMILES string of the molecule is CN(C1CCCCC1)S(=O)(=O)N1CCN(C(=O)c2cccc(C#N)c2)CC1. The Morgan fingerprint density at radius 3 is 2.44 bits per heavy atom. The summed E-state index contributed by atoms with van der Waals surface area (Å²) in [5.74, 6) is -0.162. The molecule has 1 amide bonds. The molecule has 2 fully saturated rings. The second-order valence-electron chi connectivity index (χ2n) is 7.20. The van der Waals surface area contributed by atoms with Gasteiger partial charge in [0.1, 0.15) is 0 Å². The van der Waals surface area contributed by atoms with Gasteiger partial charge in [-0.15, -0.1) is 0 Å². The van der Waals surface area contributed by atoms with Gasteiger partial charge in [-0.2, -0.15) is 22.3 Å². The molecule has 0 N–H and O–H groups in total. The summed E-state index contributed by atoms with van der Waals surface area (Å²) >= 11 is 0. The number of carbonyl (C=O) groups is 1. The highest BCUT2D eigenvalue weighted by atomic mass is 32.2. The zero-order chi connectivity index (χ0) is 19.4. The first-order chi connectivity index (χ1) is 12.9. The van der Waals surface area contributed by atoms with E-state index in [0.717, 1.165) is 25.7 Å². The number of nitriles is 1. The Morgan fingerprint density at radius 2 is 1.81 bits per heavy atom. The first kappa shape index (κ1) is 19.8. The predicted octanol–water partition coefficient (Wildman–Crippen LogP) is 1.83. The van der Waals surface area contributed by atoms with Crippen LogP contribution in [0.2, 0.25) is 0 Å². The Morgan fingerprint density at radius 1 is 1.15 bits per heavy atom. The average molecular weight is 391 g/mol. The largest absolute Gasteiger partial charge is 0.336 e. The molecule has 3 rings (SSSR count). The molecule has 1 aliphatic heterocycles. The normalized spacial score (nSPS) is 19.8. The molecule has 1 heterocycles. The van der Waals surface area contributed by atoms with Gasteiger partial charge < -0.3 is 4.90 Å². The summed E-state index contributed by atoms with van der Waals surface area (Å²) < 4.78 is 28.9. The van der Waals surface area contributed by atoms with Gasteiger partial charge in [0, 0.05) is 44.8 Å². The van der Waals surface area contributed by atoms with Gasteiger partial charge in [0.15, 0.2) is 0 Å². The molecule has 0 unspecified atom stereocenters. The van der Waals surface area contributed by atoms with Crippen LogP contribution in [0.15, 0.2) is 24.3 Å². The van der Waals surface area contributed by atoms with Crippen LogP contribution < -0.4 is 0 Å². The van der Waals surface area contributed by atoms with E-state index in [4.69, 9.17) is 5.26 Å². The molecule has 0 atom stereocenters. The van der Waals surface area contributed by atoms with Crippen LogP contribution in [0.4, 0.5) is 0 Å². The average Bonchev–Trinajstić information content (AvgIpc) is 2.73. The van der Waals surface area contributed by atoms with Crippen LogP contribution in [0, 0.1) is 11.3 Å². The smallest absolute Gasteiger partial charge is 0.282 e. The lowest BCUT2D eigenvalue weighted by atomic mass is 9.96. The number of hydrogen-bond donors (Lipinski definition) is 0. The topological polar surface area (TPSA) is 84.7 Å². The van der Waals surface area contributed by atoms with Gasteiger partial charge in [0.05, 0.1) is 11.6 Å². The maximum absolute atomic E-state index is 12.9. The van der Waals surface area contributed by atoms with Crippen molar-refractivity contribution in [2.45, 2.75) is 38.1 Å². The van der Waals surface area contributed by atoms with Crippen molar-refractivity contribution < 1.29 is 13.2 Å². The van der Waals surface area contributed by atoms with Crippen molar-refractivity contribution in [2.24, 2.45) is 0 Å². The Kier molecular flexibility index (Phi) is 6.15. The summed E-state index contributed by atoms with van der Waals surface area (Å²) in [6.45, 7) is 1.30. The molecule has 0 bridgehead atoms. The molecule has 1 aliphatic carbocycles. The number of carbonyl (C=O) groups excluding carboxylic acids is 1. The van der Waals surface area contributed by atoms with Crippen LogP contribution in [0.25, 0.3) is 0 Å². The predicted molar refractivity (Wildman–Crippen MR) is 102 cm³/mol. The monoisotopic (exact) mass is 390 g/mol. The Hall–Kier alpha value is -1.95. The lowest BCUT2D eigenvalue weighted by molar-refractivity contribution is 0.0693. The van der Waals surface area contributed by atoms with Crippen molar-refractivity contribution in [3.63, 3.8) is 0 Å². The summed E-state index contributed by atoms with van der Waals surface area (Å²) in [6, 6.07) is 8.71. The van der Waals surface area contributed by atoms with Gasteiger partial charge in [0.25, 0.3) is 16.1 Å². The van der Waals surface area contributed by atoms with E-state index >= 15 is 0 Å². The molecule has 27 heavy (non-hydrogen) atoms. The number of nitrogens with zero attached hydrogens (tertiary/aromatic N) is 4. The molecule has 1 aromatic rings. The lowest BCUT2D eigenvalue weighted by Gasteiger charge is -2.38. The summed E-state index contributed by atoms with van der Waals surface area (Å²) in [7, 11) is -1.82. The van der Waals surface area contributed by atoms with E-state index < -0.39 is 10.2 Å². The molecule has 1 saturated heterocycles. The number of rotatable bonds is 4. The van der Waals surface area contributed by atoms with E-state index in [-0.39, 0.29) is 11.9 Å². The Balaban J connectivity index is 1.62. The fourth-order valence-corrected chi connectivity index (χ4v) is 5.42. The third-order valence-corrected chi connectivity index (χ3v) is 7.59. The molecule has 146 valence electrons. The zero-order valence-corrected chi connectivity index (χ0v) is 16.5. The standard InChI is InChI=1S/C19H26N4O3S/c1-21(18-8-3-2-4-9-18)27(25,26)23-12-10-22(11-13-23)19(24)17-7-5-6-16(14-17)15-20/h5-7,14,18H,2-4,8-13H2,1H3. The van der Waals surface area contributed by atoms with Crippen LogP contribution >= 0.6 is 0 Å². The number of hydrogen-bond acceptors (Lipinski definition) is 4. The van der Waals surface area contributed by atoms with Gasteiger partial charge in [-0.05, 0) is 31.0 Å². The molecule has 8 heteroatoms. The van der Waals surface area contributed by atoms with Crippen molar-refractivity contribution in [2.75, 3.05) is 33.2 Å². The van der Waals surface area contributed by atoms with Crippen LogP contribution in [0.3, 0.4) is 0 Å². The van der Waals surface area contributed by atoms with Crippen LogP contribution in [0.5, 0.6) is 0 Å². The van der Waals surface area contributed by atoms with Crippen LogP contribution in [0.1, 0.15) is 48.0 Å². The number of benzene rings is 1. The molecule has 7 nitrogen and oxygen atoms in total. The quantitative estimate of drug-likeness (QED) is 0.785. The van der Waals surface area contributed by atoms with Gasteiger partial charge in [-0.1, -0.05) is 25.3 Å². The first-order valence-electron chi connectivity index (χ1n) is 9.46. The molecule has 0 radical (unpaired) electrons. The first-order valence-corrected chi connectivity index (χ1v) is 10.9. The highest BCUT2D eigenvalue weighted by molar-refractivity contribution is 7.86. The van der Waals surface area contributed by atoms with E-state index in [1.165, 1.54) is 15.0 Å². The molecular weight excluding hydrogens is 364 g/mol. The minimum atomic E-state index is -3.50. The maximum atomic E-state index is 12.9. The van der Waals surface area contributed by atoms with Crippen molar-refractivity contribution in [1.82, 2.24) is 13.5 Å². The summed E-state index contributed by atoms with van der Waals surface area (Å²) in [5.41, 5.74) is 0.904. The number of amides is 1. The van der Waals surface area contributed by atoms with Gasteiger partial charge in [0.2, 0.25) is 0 Å². The number of piperazine rings is 1. The molecule has 0 spiro atoms. The minimum absolute atomic E-state index is 0.0807. The van der Waals surface area contributed by atoms with Crippen molar-refractivity contribution in [3.05, 3.63) is 35.4 Å². The zero-order valence-electron chi connectivity index (χ0n) is 15.7. The van der Waals surface area contributed by atoms with Gasteiger partial charge in [-0.3, -0.25) is 4.79 Å². The summed E-state index contributed by atoms with van der Waals surface area (Å²) in [4.78, 5) is 14.3. The lowest BCUT2D eigenvalue weighted by Crippen LogP contribution is -2.55. The molecule has 0 aromatic heterocycles. The molecule has 1 aromatic carbocycles. The summed E-state index contributed by atoms with van der Waals surface area (Å²) in [6.07, 6.45) is 5.17. The Bertz CT molecular complexity index is 820. The third-order valence-electron chi connectivity index (χ3n) is 5.54. The van der Waals surface area contributed by atoms with Crippen LogP contribution in [-0.4, -0.2) is 67.1 Å². The highest BCUT2D eigenvalue weighted by Crippen LogP contribution is 2.25. The van der Waals surface area contributed by atoms with Crippen LogP contribution in [-0.2, 0) is 10.2 Å². The second-order valence-corrected chi connectivity index (χ2v) is 9.19. The van der Waals surface area contributed by atoms with Gasteiger partial charge in [-0.25, -0.2) is 0 Å². The maximum Gasteiger partial charge on any atom is 0.282 e. The van der Waals surface area contributed by atoms with E-state index in [1.54, 1.807) is 36.2 Å². The van der Waals surface area contributed by atoms with Crippen molar-refractivity contribution in [1.29, 1.82) is 5.26 Å². The highest BCUT2D eigenvalue weighted by Gasteiger charge is 2.35. The fraction of sp³-hybridized carbons (Fsp3) is 0.579. The molecule has 2 aliphatic rings. The van der Waals surface area contributed by atoms with E-state index in [0.29, 0.717) is 37.3 Å². The van der Waals surface area contributed by atoms with Gasteiger partial charge >= 0.3 is 0 Å². The second kappa shape index (κ2) is 8.38. The van der Waals surface area contributed by atoms with Crippen molar-refractivity contribution in [3.8, 4) is 6.07 Å². The van der Waals surface area contributed by atoms with E-state index in [1.807, 2.05) is 6.07 Å².